The molecule has 0 fully saturated rings. The molecule has 3 nitrogen and oxygen atoms in total. The molecule has 0 aliphatic heterocycles. The third-order valence-corrected chi connectivity index (χ3v) is 4.33. The van der Waals surface area contributed by atoms with Gasteiger partial charge in [-0.15, -0.1) is 0 Å². The van der Waals surface area contributed by atoms with Crippen molar-refractivity contribution < 1.29 is 13.2 Å². The Balaban J connectivity index is 1.93. The fourth-order valence-corrected chi connectivity index (χ4v) is 2.97. The quantitative estimate of drug-likeness (QED) is 0.704. The first-order valence-corrected chi connectivity index (χ1v) is 7.40. The van der Waals surface area contributed by atoms with Crippen LogP contribution in [0.5, 0.6) is 0 Å². The highest BCUT2D eigenvalue weighted by Gasteiger charge is 2.31. The molecule has 2 heterocycles. The predicted molar refractivity (Wildman–Crippen MR) is 79.2 cm³/mol. The van der Waals surface area contributed by atoms with Gasteiger partial charge in [-0.3, -0.25) is 0 Å². The van der Waals surface area contributed by atoms with Crippen LogP contribution in [0.25, 0.3) is 11.0 Å². The van der Waals surface area contributed by atoms with Crippen molar-refractivity contribution in [2.24, 2.45) is 0 Å². The van der Waals surface area contributed by atoms with Crippen molar-refractivity contribution in [3.63, 3.8) is 0 Å². The van der Waals surface area contributed by atoms with Gasteiger partial charge in [0.25, 0.3) is 0 Å². The molecule has 3 rings (SSSR count). The van der Waals surface area contributed by atoms with E-state index in [0.29, 0.717) is 5.16 Å². The summed E-state index contributed by atoms with van der Waals surface area (Å²) in [4.78, 5) is 11.3. The number of pyridine rings is 1. The molecule has 0 saturated carbocycles. The zero-order valence-electron chi connectivity index (χ0n) is 11.2. The SMILES string of the molecule is Cc1cccc2[nH]c(Sc3ncc(C(F)(F)F)cc3Cl)nc12. The molecule has 8 heteroatoms. The van der Waals surface area contributed by atoms with Gasteiger partial charge in [0.05, 0.1) is 21.6 Å². The maximum absolute atomic E-state index is 12.6. The number of aryl methyl sites for hydroxylation is 1. The van der Waals surface area contributed by atoms with Crippen LogP contribution in [0.15, 0.2) is 40.6 Å². The van der Waals surface area contributed by atoms with E-state index in [-0.39, 0.29) is 10.0 Å². The molecule has 0 bridgehead atoms. The minimum atomic E-state index is -4.46. The number of aromatic nitrogens is 3. The van der Waals surface area contributed by atoms with Crippen molar-refractivity contribution in [1.29, 1.82) is 0 Å². The van der Waals surface area contributed by atoms with Crippen LogP contribution in [0.1, 0.15) is 11.1 Å². The number of hydrogen-bond acceptors (Lipinski definition) is 3. The fraction of sp³-hybridized carbons (Fsp3) is 0.143. The number of H-pyrrole nitrogens is 1. The minimum absolute atomic E-state index is 0.0583. The molecule has 114 valence electrons. The van der Waals surface area contributed by atoms with Crippen LogP contribution >= 0.6 is 23.4 Å². The van der Waals surface area contributed by atoms with Crippen LogP contribution in [0, 0.1) is 6.92 Å². The summed E-state index contributed by atoms with van der Waals surface area (Å²) in [5.74, 6) is 0. The fourth-order valence-electron chi connectivity index (χ4n) is 1.95. The van der Waals surface area contributed by atoms with Crippen LogP contribution in [0.4, 0.5) is 13.2 Å². The normalized spacial score (nSPS) is 12.0. The molecule has 1 aromatic carbocycles. The van der Waals surface area contributed by atoms with Crippen molar-refractivity contribution in [3.05, 3.63) is 46.6 Å². The van der Waals surface area contributed by atoms with E-state index in [1.54, 1.807) is 0 Å². The molecule has 0 atom stereocenters. The molecule has 0 aliphatic carbocycles. The van der Waals surface area contributed by atoms with Gasteiger partial charge < -0.3 is 4.98 Å². The van der Waals surface area contributed by atoms with Crippen LogP contribution in [0.2, 0.25) is 5.02 Å². The van der Waals surface area contributed by atoms with Crippen LogP contribution in [-0.2, 0) is 6.18 Å². The number of rotatable bonds is 2. The maximum atomic E-state index is 12.6. The number of benzene rings is 1. The average Bonchev–Trinajstić information content (AvgIpc) is 2.84. The second-order valence-corrected chi connectivity index (χ2v) is 6.01. The smallest absolute Gasteiger partial charge is 0.333 e. The zero-order chi connectivity index (χ0) is 15.9. The summed E-state index contributed by atoms with van der Waals surface area (Å²) in [5, 5.41) is 0.738. The van der Waals surface area contributed by atoms with Crippen LogP contribution < -0.4 is 0 Å². The molecule has 0 amide bonds. The highest BCUT2D eigenvalue weighted by atomic mass is 35.5. The Morgan fingerprint density at radius 1 is 1.27 bits per heavy atom. The van der Waals surface area contributed by atoms with E-state index >= 15 is 0 Å². The van der Waals surface area contributed by atoms with Gasteiger partial charge >= 0.3 is 6.18 Å². The zero-order valence-corrected chi connectivity index (χ0v) is 12.8. The van der Waals surface area contributed by atoms with E-state index in [2.05, 4.69) is 15.0 Å². The topological polar surface area (TPSA) is 41.6 Å². The first kappa shape index (κ1) is 15.2. The van der Waals surface area contributed by atoms with Crippen LogP contribution in [-0.4, -0.2) is 15.0 Å². The van der Waals surface area contributed by atoms with Gasteiger partial charge in [-0.05, 0) is 36.4 Å². The molecule has 0 saturated heterocycles. The number of para-hydroxylation sites is 1. The lowest BCUT2D eigenvalue weighted by molar-refractivity contribution is -0.137. The highest BCUT2D eigenvalue weighted by Crippen LogP contribution is 2.36. The van der Waals surface area contributed by atoms with Crippen LogP contribution in [0.3, 0.4) is 0 Å². The number of halogens is 4. The molecule has 2 aromatic heterocycles. The van der Waals surface area contributed by atoms with E-state index in [9.17, 15) is 13.2 Å². The Bertz CT molecular complexity index is 845. The number of alkyl halides is 3. The largest absolute Gasteiger partial charge is 0.417 e. The lowest BCUT2D eigenvalue weighted by Crippen LogP contribution is -2.05. The number of nitrogens with one attached hydrogen (secondary N) is 1. The number of imidazole rings is 1. The summed E-state index contributed by atoms with van der Waals surface area (Å²) in [6.07, 6.45) is -3.70. The van der Waals surface area contributed by atoms with Crippen molar-refractivity contribution in [3.8, 4) is 0 Å². The van der Waals surface area contributed by atoms with Gasteiger partial charge in [-0.2, -0.15) is 13.2 Å². The molecule has 0 unspecified atom stereocenters. The van der Waals surface area contributed by atoms with E-state index in [1.807, 2.05) is 25.1 Å². The highest BCUT2D eigenvalue weighted by molar-refractivity contribution is 7.99. The van der Waals surface area contributed by atoms with Crippen molar-refractivity contribution in [1.82, 2.24) is 15.0 Å². The Labute approximate surface area is 132 Å². The Hall–Kier alpha value is -1.73. The molecule has 22 heavy (non-hydrogen) atoms. The molecular formula is C14H9ClF3N3S. The summed E-state index contributed by atoms with van der Waals surface area (Å²) >= 11 is 6.98. The van der Waals surface area contributed by atoms with Gasteiger partial charge in [0.15, 0.2) is 5.16 Å². The number of hydrogen-bond donors (Lipinski definition) is 1. The third kappa shape index (κ3) is 2.91. The summed E-state index contributed by atoms with van der Waals surface area (Å²) < 4.78 is 37.8. The van der Waals surface area contributed by atoms with Gasteiger partial charge in [-0.1, -0.05) is 23.7 Å². The van der Waals surface area contributed by atoms with E-state index in [0.717, 1.165) is 40.6 Å². The molecule has 0 spiro atoms. The van der Waals surface area contributed by atoms with Crippen molar-refractivity contribution >= 4 is 34.4 Å². The summed E-state index contributed by atoms with van der Waals surface area (Å²) in [5.41, 5.74) is 1.80. The molecule has 0 aliphatic rings. The third-order valence-electron chi connectivity index (χ3n) is 3.02. The Morgan fingerprint density at radius 3 is 2.68 bits per heavy atom. The van der Waals surface area contributed by atoms with Crippen molar-refractivity contribution in [2.45, 2.75) is 23.3 Å². The standard InChI is InChI=1S/C14H9ClF3N3S/c1-7-3-2-4-10-11(7)21-13(20-10)22-12-9(15)5-8(6-19-12)14(16,17)18/h2-6H,1H3,(H,20,21). The maximum Gasteiger partial charge on any atom is 0.417 e. The predicted octanol–water partition coefficient (Wildman–Crippen LogP) is 5.09. The monoisotopic (exact) mass is 343 g/mol. The first-order valence-electron chi connectivity index (χ1n) is 6.20. The van der Waals surface area contributed by atoms with Gasteiger partial charge in [0.2, 0.25) is 0 Å². The molecule has 0 radical (unpaired) electrons. The second kappa shape index (κ2) is 5.48. The van der Waals surface area contributed by atoms with Gasteiger partial charge in [0, 0.05) is 6.20 Å². The lowest BCUT2D eigenvalue weighted by Gasteiger charge is -2.07. The number of nitrogens with zero attached hydrogens (tertiary/aromatic N) is 2. The summed E-state index contributed by atoms with van der Waals surface area (Å²) in [7, 11) is 0. The second-order valence-electron chi connectivity index (χ2n) is 4.62. The van der Waals surface area contributed by atoms with E-state index in [4.69, 9.17) is 11.6 Å². The first-order chi connectivity index (χ1) is 10.3. The molecule has 3 aromatic rings. The van der Waals surface area contributed by atoms with E-state index < -0.39 is 11.7 Å². The lowest BCUT2D eigenvalue weighted by atomic mass is 10.2. The average molecular weight is 344 g/mol. The molecular weight excluding hydrogens is 335 g/mol. The summed E-state index contributed by atoms with van der Waals surface area (Å²) in [6, 6.07) is 6.57. The van der Waals surface area contributed by atoms with Gasteiger partial charge in [0.1, 0.15) is 5.03 Å². The Kier molecular flexibility index (Phi) is 3.78. The number of aromatic amines is 1. The molecule has 1 N–H and O–H groups in total. The number of fused-ring (bicyclic) bond motifs is 1. The Morgan fingerprint density at radius 2 is 2.05 bits per heavy atom. The van der Waals surface area contributed by atoms with E-state index in [1.165, 1.54) is 0 Å². The van der Waals surface area contributed by atoms with Crippen molar-refractivity contribution in [2.75, 3.05) is 0 Å². The summed E-state index contributed by atoms with van der Waals surface area (Å²) in [6.45, 7) is 1.93. The minimum Gasteiger partial charge on any atom is -0.333 e. The van der Waals surface area contributed by atoms with Gasteiger partial charge in [-0.25, -0.2) is 9.97 Å².